The second kappa shape index (κ2) is 8.65. The summed E-state index contributed by atoms with van der Waals surface area (Å²) in [5.74, 6) is -0.626. The highest BCUT2D eigenvalue weighted by Crippen LogP contribution is 2.22. The molecule has 0 radical (unpaired) electrons. The van der Waals surface area contributed by atoms with Crippen LogP contribution in [-0.2, 0) is 0 Å². The van der Waals surface area contributed by atoms with Gasteiger partial charge in [-0.25, -0.2) is 0 Å². The molecule has 1 fully saturated rings. The van der Waals surface area contributed by atoms with Crippen LogP contribution in [0.25, 0.3) is 0 Å². The Labute approximate surface area is 163 Å². The number of nitrogens with zero attached hydrogens (tertiary/aromatic N) is 1. The fraction of sp³-hybridized carbons (Fsp3) is 0.333. The van der Waals surface area contributed by atoms with Crippen LogP contribution in [0.2, 0.25) is 0 Å². The lowest BCUT2D eigenvalue weighted by molar-refractivity contribution is -0.385. The van der Waals surface area contributed by atoms with E-state index in [0.29, 0.717) is 22.4 Å². The second-order valence-electron chi connectivity index (χ2n) is 7.07. The molecule has 146 valence electrons. The van der Waals surface area contributed by atoms with Crippen molar-refractivity contribution in [3.63, 3.8) is 0 Å². The number of hydrogen-bond acceptors (Lipinski definition) is 4. The first-order valence-corrected chi connectivity index (χ1v) is 9.42. The average molecular weight is 381 g/mol. The van der Waals surface area contributed by atoms with Gasteiger partial charge in [0.15, 0.2) is 0 Å². The van der Waals surface area contributed by atoms with Crippen molar-refractivity contribution >= 4 is 23.2 Å². The number of rotatable bonds is 5. The van der Waals surface area contributed by atoms with E-state index in [-0.39, 0.29) is 17.6 Å². The zero-order valence-corrected chi connectivity index (χ0v) is 15.7. The molecule has 0 aliphatic heterocycles. The number of aryl methyl sites for hydroxylation is 1. The van der Waals surface area contributed by atoms with E-state index in [1.54, 1.807) is 31.2 Å². The highest BCUT2D eigenvalue weighted by atomic mass is 16.6. The topological polar surface area (TPSA) is 101 Å². The monoisotopic (exact) mass is 381 g/mol. The van der Waals surface area contributed by atoms with Gasteiger partial charge in [0.2, 0.25) is 0 Å². The fourth-order valence-corrected chi connectivity index (χ4v) is 3.50. The van der Waals surface area contributed by atoms with E-state index in [0.717, 1.165) is 25.7 Å². The van der Waals surface area contributed by atoms with Crippen LogP contribution in [0, 0.1) is 17.0 Å². The van der Waals surface area contributed by atoms with Crippen molar-refractivity contribution in [2.75, 3.05) is 5.32 Å². The van der Waals surface area contributed by atoms with Crippen LogP contribution in [0.1, 0.15) is 58.4 Å². The van der Waals surface area contributed by atoms with Crippen LogP contribution in [-0.4, -0.2) is 22.8 Å². The minimum absolute atomic E-state index is 0.0381. The largest absolute Gasteiger partial charge is 0.349 e. The van der Waals surface area contributed by atoms with Gasteiger partial charge in [-0.1, -0.05) is 31.4 Å². The van der Waals surface area contributed by atoms with Gasteiger partial charge >= 0.3 is 0 Å². The SMILES string of the molecule is Cc1cc(C(=O)Nc2ccccc2C(=O)NC2CCCCC2)ccc1[N+](=O)[O-]. The second-order valence-corrected chi connectivity index (χ2v) is 7.07. The molecule has 0 saturated heterocycles. The Balaban J connectivity index is 1.75. The third-order valence-electron chi connectivity index (χ3n) is 5.02. The third kappa shape index (κ3) is 4.54. The summed E-state index contributed by atoms with van der Waals surface area (Å²) >= 11 is 0. The molecule has 1 aliphatic rings. The molecule has 28 heavy (non-hydrogen) atoms. The number of nitro benzene ring substituents is 1. The van der Waals surface area contributed by atoms with E-state index in [2.05, 4.69) is 10.6 Å². The van der Waals surface area contributed by atoms with Crippen LogP contribution < -0.4 is 10.6 Å². The van der Waals surface area contributed by atoms with Crippen molar-refractivity contribution in [1.82, 2.24) is 5.32 Å². The lowest BCUT2D eigenvalue weighted by Gasteiger charge is -2.23. The number of para-hydroxylation sites is 1. The summed E-state index contributed by atoms with van der Waals surface area (Å²) < 4.78 is 0. The minimum atomic E-state index is -0.484. The maximum Gasteiger partial charge on any atom is 0.272 e. The van der Waals surface area contributed by atoms with E-state index in [9.17, 15) is 19.7 Å². The van der Waals surface area contributed by atoms with Crippen molar-refractivity contribution in [1.29, 1.82) is 0 Å². The summed E-state index contributed by atoms with van der Waals surface area (Å²) in [6.07, 6.45) is 5.38. The number of nitro groups is 1. The van der Waals surface area contributed by atoms with Gasteiger partial charge in [0, 0.05) is 23.2 Å². The van der Waals surface area contributed by atoms with Crippen LogP contribution >= 0.6 is 0 Å². The lowest BCUT2D eigenvalue weighted by Crippen LogP contribution is -2.36. The first-order chi connectivity index (χ1) is 13.5. The molecule has 2 aromatic carbocycles. The summed E-state index contributed by atoms with van der Waals surface area (Å²) in [4.78, 5) is 35.7. The van der Waals surface area contributed by atoms with Crippen LogP contribution in [0.15, 0.2) is 42.5 Å². The highest BCUT2D eigenvalue weighted by molar-refractivity contribution is 6.09. The zero-order valence-electron chi connectivity index (χ0n) is 15.7. The molecule has 1 saturated carbocycles. The van der Waals surface area contributed by atoms with Crippen LogP contribution in [0.5, 0.6) is 0 Å². The molecule has 0 bridgehead atoms. The maximum absolute atomic E-state index is 12.7. The first kappa shape index (κ1) is 19.5. The molecule has 3 rings (SSSR count). The van der Waals surface area contributed by atoms with E-state index < -0.39 is 10.8 Å². The maximum atomic E-state index is 12.7. The molecule has 2 amide bonds. The Kier molecular flexibility index (Phi) is 6.03. The Hall–Kier alpha value is -3.22. The quantitative estimate of drug-likeness (QED) is 0.598. The van der Waals surface area contributed by atoms with Gasteiger partial charge in [0.25, 0.3) is 17.5 Å². The Bertz CT molecular complexity index is 904. The summed E-state index contributed by atoms with van der Waals surface area (Å²) in [6.45, 7) is 1.58. The molecular weight excluding hydrogens is 358 g/mol. The van der Waals surface area contributed by atoms with E-state index in [1.165, 1.54) is 24.6 Å². The molecule has 2 N–H and O–H groups in total. The standard InChI is InChI=1S/C21H23N3O4/c1-14-13-15(11-12-19(14)24(27)28)20(25)23-18-10-6-5-9-17(18)21(26)22-16-7-3-2-4-8-16/h5-6,9-13,16H,2-4,7-8H2,1H3,(H,22,26)(H,23,25). The van der Waals surface area contributed by atoms with Crippen LogP contribution in [0.4, 0.5) is 11.4 Å². The minimum Gasteiger partial charge on any atom is -0.349 e. The molecule has 0 unspecified atom stereocenters. The predicted octanol–water partition coefficient (Wildman–Crippen LogP) is 4.22. The van der Waals surface area contributed by atoms with Crippen molar-refractivity contribution in [3.05, 3.63) is 69.3 Å². The molecule has 1 aliphatic carbocycles. The number of carbonyl (C=O) groups excluding carboxylic acids is 2. The predicted molar refractivity (Wildman–Crippen MR) is 107 cm³/mol. The molecule has 2 aromatic rings. The Morgan fingerprint density at radius 2 is 1.75 bits per heavy atom. The van der Waals surface area contributed by atoms with Crippen LogP contribution in [0.3, 0.4) is 0 Å². The molecule has 0 heterocycles. The van der Waals surface area contributed by atoms with E-state index in [1.807, 2.05) is 0 Å². The third-order valence-corrected chi connectivity index (χ3v) is 5.02. The van der Waals surface area contributed by atoms with Gasteiger partial charge in [0.1, 0.15) is 0 Å². The summed E-state index contributed by atoms with van der Waals surface area (Å²) in [5, 5.41) is 16.7. The van der Waals surface area contributed by atoms with Crippen molar-refractivity contribution in [2.45, 2.75) is 45.1 Å². The Morgan fingerprint density at radius 3 is 2.43 bits per heavy atom. The number of carbonyl (C=O) groups is 2. The molecule has 7 nitrogen and oxygen atoms in total. The van der Waals surface area contributed by atoms with E-state index >= 15 is 0 Å². The molecule has 7 heteroatoms. The van der Waals surface area contributed by atoms with Gasteiger partial charge in [0.05, 0.1) is 16.2 Å². The van der Waals surface area contributed by atoms with Crippen molar-refractivity contribution < 1.29 is 14.5 Å². The lowest BCUT2D eigenvalue weighted by atomic mass is 9.95. The Morgan fingerprint density at radius 1 is 1.04 bits per heavy atom. The smallest absolute Gasteiger partial charge is 0.272 e. The van der Waals surface area contributed by atoms with Gasteiger partial charge in [-0.2, -0.15) is 0 Å². The molecule has 0 spiro atoms. The van der Waals surface area contributed by atoms with Gasteiger partial charge in [-0.15, -0.1) is 0 Å². The van der Waals surface area contributed by atoms with Gasteiger partial charge in [-0.3, -0.25) is 19.7 Å². The number of amides is 2. The van der Waals surface area contributed by atoms with Crippen molar-refractivity contribution in [3.8, 4) is 0 Å². The summed E-state index contributed by atoms with van der Waals surface area (Å²) in [5.41, 5.74) is 1.48. The van der Waals surface area contributed by atoms with Gasteiger partial charge < -0.3 is 10.6 Å². The first-order valence-electron chi connectivity index (χ1n) is 9.42. The zero-order chi connectivity index (χ0) is 20.1. The molecular formula is C21H23N3O4. The fourth-order valence-electron chi connectivity index (χ4n) is 3.50. The summed E-state index contributed by atoms with van der Waals surface area (Å²) in [7, 11) is 0. The number of hydrogen-bond donors (Lipinski definition) is 2. The number of nitrogens with one attached hydrogen (secondary N) is 2. The summed E-state index contributed by atoms with van der Waals surface area (Å²) in [6, 6.07) is 11.2. The number of anilines is 1. The highest BCUT2D eigenvalue weighted by Gasteiger charge is 2.20. The normalized spacial score (nSPS) is 14.3. The molecule has 0 aromatic heterocycles. The van der Waals surface area contributed by atoms with Crippen molar-refractivity contribution in [2.24, 2.45) is 0 Å². The average Bonchev–Trinajstić information content (AvgIpc) is 2.68. The molecule has 0 atom stereocenters. The van der Waals surface area contributed by atoms with Gasteiger partial charge in [-0.05, 0) is 44.0 Å². The number of benzene rings is 2. The van der Waals surface area contributed by atoms with E-state index in [4.69, 9.17) is 0 Å².